The zero-order chi connectivity index (χ0) is 13.7. The molecule has 4 heteroatoms. The molecule has 0 radical (unpaired) electrons. The normalized spacial score (nSPS) is 12.3. The summed E-state index contributed by atoms with van der Waals surface area (Å²) in [5, 5.41) is 2.63. The molecule has 19 heavy (non-hydrogen) atoms. The summed E-state index contributed by atoms with van der Waals surface area (Å²) in [5.74, 6) is 0.110. The van der Waals surface area contributed by atoms with Gasteiger partial charge in [-0.15, -0.1) is 11.3 Å². The third-order valence-electron chi connectivity index (χ3n) is 2.91. The molecule has 2 N–H and O–H groups in total. The highest BCUT2D eigenvalue weighted by Crippen LogP contribution is 2.17. The molecule has 0 amide bonds. The van der Waals surface area contributed by atoms with Gasteiger partial charge in [-0.3, -0.25) is 4.79 Å². The molecule has 0 bridgehead atoms. The molecule has 0 aliphatic carbocycles. The summed E-state index contributed by atoms with van der Waals surface area (Å²) in [6, 6.07) is 10.1. The lowest BCUT2D eigenvalue weighted by atomic mass is 10.1. The van der Waals surface area contributed by atoms with Crippen LogP contribution in [0.5, 0.6) is 0 Å². The highest BCUT2D eigenvalue weighted by molar-refractivity contribution is 7.09. The Labute approximate surface area is 117 Å². The number of aryl methyl sites for hydroxylation is 1. The molecule has 100 valence electrons. The van der Waals surface area contributed by atoms with E-state index in [-0.39, 0.29) is 11.8 Å². The van der Waals surface area contributed by atoms with Crippen LogP contribution in [0.15, 0.2) is 35.7 Å². The first-order valence-corrected chi connectivity index (χ1v) is 7.33. The molecular weight excluding hydrogens is 256 g/mol. The minimum atomic E-state index is -0.101. The second-order valence-corrected chi connectivity index (χ2v) is 5.51. The minimum Gasteiger partial charge on any atom is -0.322 e. The highest BCUT2D eigenvalue weighted by Gasteiger charge is 2.12. The predicted molar refractivity (Wildman–Crippen MR) is 78.4 cm³/mol. The van der Waals surface area contributed by atoms with E-state index in [2.05, 4.69) is 17.1 Å². The summed E-state index contributed by atoms with van der Waals surface area (Å²) in [6.45, 7) is 1.88. The van der Waals surface area contributed by atoms with Crippen LogP contribution in [-0.4, -0.2) is 10.8 Å². The van der Waals surface area contributed by atoms with Crippen molar-refractivity contribution in [1.82, 2.24) is 4.98 Å². The zero-order valence-electron chi connectivity index (χ0n) is 11.0. The molecular formula is C15H18N2OS. The number of Topliss-reactive ketones (excluding diaryl/α,β-unsaturated/α-hetero) is 1. The van der Waals surface area contributed by atoms with Crippen molar-refractivity contribution in [3.05, 3.63) is 52.0 Å². The number of carbonyl (C=O) groups excluding carboxylic acids is 1. The third kappa shape index (κ3) is 3.98. The van der Waals surface area contributed by atoms with E-state index in [9.17, 15) is 4.79 Å². The molecule has 1 aromatic heterocycles. The van der Waals surface area contributed by atoms with Crippen molar-refractivity contribution in [2.75, 3.05) is 0 Å². The summed E-state index contributed by atoms with van der Waals surface area (Å²) in [4.78, 5) is 16.3. The van der Waals surface area contributed by atoms with Crippen molar-refractivity contribution in [2.45, 2.75) is 32.2 Å². The first-order chi connectivity index (χ1) is 9.16. The van der Waals surface area contributed by atoms with Crippen LogP contribution in [0, 0.1) is 0 Å². The number of benzene rings is 1. The lowest BCUT2D eigenvalue weighted by Crippen LogP contribution is -2.06. The van der Waals surface area contributed by atoms with Gasteiger partial charge in [-0.25, -0.2) is 4.98 Å². The first kappa shape index (κ1) is 13.9. The van der Waals surface area contributed by atoms with Gasteiger partial charge in [0.1, 0.15) is 10.7 Å². The maximum Gasteiger partial charge on any atom is 0.182 e. The van der Waals surface area contributed by atoms with Crippen molar-refractivity contribution in [3.63, 3.8) is 0 Å². The van der Waals surface area contributed by atoms with Crippen LogP contribution in [-0.2, 0) is 6.42 Å². The number of carbonyl (C=O) groups is 1. The van der Waals surface area contributed by atoms with Gasteiger partial charge in [-0.05, 0) is 25.3 Å². The average molecular weight is 274 g/mol. The van der Waals surface area contributed by atoms with Gasteiger partial charge < -0.3 is 5.73 Å². The monoisotopic (exact) mass is 274 g/mol. The molecule has 1 unspecified atom stereocenters. The molecule has 1 heterocycles. The van der Waals surface area contributed by atoms with Gasteiger partial charge in [-0.1, -0.05) is 30.3 Å². The Hall–Kier alpha value is -1.52. The Balaban J connectivity index is 1.84. The Bertz CT molecular complexity index is 534. The van der Waals surface area contributed by atoms with E-state index in [0.717, 1.165) is 17.8 Å². The Morgan fingerprint density at radius 1 is 1.37 bits per heavy atom. The number of hydrogen-bond acceptors (Lipinski definition) is 4. The second kappa shape index (κ2) is 6.59. The number of thiazole rings is 1. The van der Waals surface area contributed by atoms with Crippen molar-refractivity contribution in [3.8, 4) is 0 Å². The van der Waals surface area contributed by atoms with E-state index in [1.54, 1.807) is 0 Å². The summed E-state index contributed by atoms with van der Waals surface area (Å²) in [5.41, 5.74) is 7.57. The van der Waals surface area contributed by atoms with Crippen LogP contribution in [0.1, 0.15) is 46.9 Å². The average Bonchev–Trinajstić information content (AvgIpc) is 2.89. The van der Waals surface area contributed by atoms with Gasteiger partial charge in [0.2, 0.25) is 0 Å². The first-order valence-electron chi connectivity index (χ1n) is 6.45. The van der Waals surface area contributed by atoms with Gasteiger partial charge in [0, 0.05) is 11.8 Å². The molecule has 0 saturated heterocycles. The molecule has 0 saturated carbocycles. The maximum atomic E-state index is 12.0. The molecule has 2 rings (SSSR count). The molecule has 2 aromatic rings. The smallest absolute Gasteiger partial charge is 0.182 e. The van der Waals surface area contributed by atoms with Gasteiger partial charge in [0.05, 0.1) is 6.04 Å². The van der Waals surface area contributed by atoms with Gasteiger partial charge >= 0.3 is 0 Å². The maximum absolute atomic E-state index is 12.0. The second-order valence-electron chi connectivity index (χ2n) is 4.62. The summed E-state index contributed by atoms with van der Waals surface area (Å²) in [6.07, 6.45) is 2.32. The molecule has 0 aliphatic rings. The van der Waals surface area contributed by atoms with Crippen LogP contribution in [0.2, 0.25) is 0 Å². The minimum absolute atomic E-state index is 0.101. The van der Waals surface area contributed by atoms with Crippen LogP contribution in [0.25, 0.3) is 0 Å². The number of rotatable bonds is 6. The van der Waals surface area contributed by atoms with Crippen LogP contribution in [0.4, 0.5) is 0 Å². The third-order valence-corrected chi connectivity index (χ3v) is 3.95. The molecule has 0 aliphatic heterocycles. The van der Waals surface area contributed by atoms with Gasteiger partial charge in [0.15, 0.2) is 5.78 Å². The number of nitrogens with zero attached hydrogens (tertiary/aromatic N) is 1. The molecule has 1 aromatic carbocycles. The van der Waals surface area contributed by atoms with Crippen LogP contribution < -0.4 is 5.73 Å². The SMILES string of the molecule is CC(N)c1nc(C(=O)CCCc2ccccc2)cs1. The summed E-state index contributed by atoms with van der Waals surface area (Å²) in [7, 11) is 0. The standard InChI is InChI=1S/C15H18N2OS/c1-11(16)15-17-13(10-19-15)14(18)9-5-8-12-6-3-2-4-7-12/h2-4,6-7,10-11H,5,8-9,16H2,1H3. The highest BCUT2D eigenvalue weighted by atomic mass is 32.1. The van der Waals surface area contributed by atoms with Crippen LogP contribution in [0.3, 0.4) is 0 Å². The Morgan fingerprint density at radius 3 is 2.74 bits per heavy atom. The number of hydrogen-bond donors (Lipinski definition) is 1. The molecule has 0 fully saturated rings. The van der Waals surface area contributed by atoms with E-state index >= 15 is 0 Å². The number of aromatic nitrogens is 1. The van der Waals surface area contributed by atoms with E-state index < -0.39 is 0 Å². The van der Waals surface area contributed by atoms with E-state index in [0.29, 0.717) is 12.1 Å². The lowest BCUT2D eigenvalue weighted by Gasteiger charge is -2.00. The Morgan fingerprint density at radius 2 is 2.11 bits per heavy atom. The fourth-order valence-corrected chi connectivity index (χ4v) is 2.63. The Kier molecular flexibility index (Phi) is 4.82. The predicted octanol–water partition coefficient (Wildman–Crippen LogP) is 3.37. The topological polar surface area (TPSA) is 56.0 Å². The van der Waals surface area contributed by atoms with E-state index in [1.165, 1.54) is 16.9 Å². The number of nitrogens with two attached hydrogens (primary N) is 1. The summed E-state index contributed by atoms with van der Waals surface area (Å²) >= 11 is 1.46. The van der Waals surface area contributed by atoms with Gasteiger partial charge in [0.25, 0.3) is 0 Å². The number of ketones is 1. The fraction of sp³-hybridized carbons (Fsp3) is 0.333. The van der Waals surface area contributed by atoms with E-state index in [4.69, 9.17) is 5.73 Å². The fourth-order valence-electron chi connectivity index (χ4n) is 1.85. The van der Waals surface area contributed by atoms with Crippen LogP contribution >= 0.6 is 11.3 Å². The van der Waals surface area contributed by atoms with E-state index in [1.807, 2.05) is 30.5 Å². The molecule has 0 spiro atoms. The molecule has 3 nitrogen and oxygen atoms in total. The largest absolute Gasteiger partial charge is 0.322 e. The van der Waals surface area contributed by atoms with Crippen molar-refractivity contribution in [1.29, 1.82) is 0 Å². The van der Waals surface area contributed by atoms with Crippen molar-refractivity contribution < 1.29 is 4.79 Å². The quantitative estimate of drug-likeness (QED) is 0.822. The van der Waals surface area contributed by atoms with Crippen molar-refractivity contribution >= 4 is 17.1 Å². The lowest BCUT2D eigenvalue weighted by molar-refractivity contribution is 0.0976. The molecule has 1 atom stereocenters. The van der Waals surface area contributed by atoms with Gasteiger partial charge in [-0.2, -0.15) is 0 Å². The zero-order valence-corrected chi connectivity index (χ0v) is 11.8. The summed E-state index contributed by atoms with van der Waals surface area (Å²) < 4.78 is 0. The van der Waals surface area contributed by atoms with Crippen molar-refractivity contribution in [2.24, 2.45) is 5.73 Å².